The van der Waals surface area contributed by atoms with Crippen molar-refractivity contribution in [3.63, 3.8) is 0 Å². The van der Waals surface area contributed by atoms with Crippen LogP contribution in [0.3, 0.4) is 0 Å². The fourth-order valence-electron chi connectivity index (χ4n) is 3.55. The molecule has 1 aromatic carbocycles. The maximum Gasteiger partial charge on any atom is 0.152 e. The molecular formula is C21H20N8OS. The van der Waals surface area contributed by atoms with Crippen LogP contribution in [0.15, 0.2) is 48.9 Å². The summed E-state index contributed by atoms with van der Waals surface area (Å²) in [5.41, 5.74) is 11.3. The van der Waals surface area contributed by atoms with E-state index in [9.17, 15) is 0 Å². The second-order valence-electron chi connectivity index (χ2n) is 7.09. The monoisotopic (exact) mass is 432 g/mol. The number of nitrogen functional groups attached to an aromatic ring is 1. The minimum atomic E-state index is 0.395. The smallest absolute Gasteiger partial charge is 0.152 e. The van der Waals surface area contributed by atoms with Gasteiger partial charge in [0.25, 0.3) is 0 Å². The molecule has 4 heterocycles. The van der Waals surface area contributed by atoms with Gasteiger partial charge >= 0.3 is 0 Å². The standard InChI is InChI=1S/C21H20N8OS/c1-12-8-19(27-31-12)25-16-5-4-13(9-18(16)30-3)14-10-17(15-6-7-28(2)26-15)29-20(14)21(22)23-11-24-29/h4-11H,1-3H3,(H,25,27)(H2,22,23,24). The van der Waals surface area contributed by atoms with Gasteiger partial charge in [0.05, 0.1) is 18.5 Å². The molecule has 9 nitrogen and oxygen atoms in total. The second kappa shape index (κ2) is 7.40. The molecule has 156 valence electrons. The minimum absolute atomic E-state index is 0.395. The average Bonchev–Trinajstić information content (AvgIpc) is 3.47. The molecule has 0 radical (unpaired) electrons. The number of hydrogen-bond donors (Lipinski definition) is 2. The van der Waals surface area contributed by atoms with E-state index in [1.54, 1.807) is 16.3 Å². The second-order valence-corrected chi connectivity index (χ2v) is 8.10. The number of aromatic nitrogens is 6. The lowest BCUT2D eigenvalue weighted by Crippen LogP contribution is -2.01. The molecule has 0 saturated carbocycles. The molecule has 0 saturated heterocycles. The fraction of sp³-hybridized carbons (Fsp3) is 0.143. The van der Waals surface area contributed by atoms with E-state index < -0.39 is 0 Å². The van der Waals surface area contributed by atoms with Gasteiger partial charge in [-0.1, -0.05) is 6.07 Å². The number of rotatable bonds is 5. The van der Waals surface area contributed by atoms with Gasteiger partial charge < -0.3 is 15.8 Å². The van der Waals surface area contributed by atoms with Gasteiger partial charge in [-0.15, -0.1) is 0 Å². The van der Waals surface area contributed by atoms with Crippen LogP contribution in [0.4, 0.5) is 17.3 Å². The van der Waals surface area contributed by atoms with Crippen LogP contribution < -0.4 is 15.8 Å². The Kier molecular flexibility index (Phi) is 4.55. The number of nitrogens with zero attached hydrogens (tertiary/aromatic N) is 6. The van der Waals surface area contributed by atoms with Crippen LogP contribution in [0, 0.1) is 6.92 Å². The molecule has 0 unspecified atom stereocenters. The van der Waals surface area contributed by atoms with E-state index >= 15 is 0 Å². The van der Waals surface area contributed by atoms with Crippen molar-refractivity contribution < 1.29 is 4.74 Å². The third-order valence-corrected chi connectivity index (χ3v) is 5.66. The van der Waals surface area contributed by atoms with Crippen LogP contribution in [0.1, 0.15) is 4.88 Å². The number of methoxy groups -OCH3 is 1. The number of anilines is 3. The topological polar surface area (TPSA) is 108 Å². The number of fused-ring (bicyclic) bond motifs is 1. The number of ether oxygens (including phenoxy) is 1. The highest BCUT2D eigenvalue weighted by Crippen LogP contribution is 2.38. The molecule has 5 rings (SSSR count). The Bertz CT molecular complexity index is 1400. The zero-order chi connectivity index (χ0) is 21.5. The van der Waals surface area contributed by atoms with Crippen LogP contribution in [0.5, 0.6) is 5.75 Å². The number of aryl methyl sites for hydroxylation is 2. The lowest BCUT2D eigenvalue weighted by atomic mass is 10.1. The summed E-state index contributed by atoms with van der Waals surface area (Å²) >= 11 is 1.45. The first-order chi connectivity index (χ1) is 15.0. The van der Waals surface area contributed by atoms with Crippen molar-refractivity contribution in [2.45, 2.75) is 6.92 Å². The summed E-state index contributed by atoms with van der Waals surface area (Å²) in [6, 6.07) is 11.9. The third-order valence-electron chi connectivity index (χ3n) is 4.96. The summed E-state index contributed by atoms with van der Waals surface area (Å²) in [4.78, 5) is 5.33. The maximum atomic E-state index is 6.25. The number of nitrogens with one attached hydrogen (secondary N) is 1. The van der Waals surface area contributed by atoms with Gasteiger partial charge in [-0.05, 0) is 54.4 Å². The van der Waals surface area contributed by atoms with E-state index in [2.05, 4.69) is 24.9 Å². The lowest BCUT2D eigenvalue weighted by molar-refractivity contribution is 0.417. The average molecular weight is 433 g/mol. The summed E-state index contributed by atoms with van der Waals surface area (Å²) in [6.07, 6.45) is 3.34. The third kappa shape index (κ3) is 3.36. The van der Waals surface area contributed by atoms with E-state index in [4.69, 9.17) is 10.5 Å². The number of nitrogens with two attached hydrogens (primary N) is 1. The van der Waals surface area contributed by atoms with Crippen LogP contribution >= 0.6 is 11.5 Å². The van der Waals surface area contributed by atoms with Crippen molar-refractivity contribution in [1.82, 2.24) is 28.8 Å². The zero-order valence-corrected chi connectivity index (χ0v) is 18.0. The molecule has 3 N–H and O–H groups in total. The first-order valence-corrected chi connectivity index (χ1v) is 10.3. The number of benzene rings is 1. The van der Waals surface area contributed by atoms with Crippen molar-refractivity contribution in [3.8, 4) is 28.3 Å². The molecule has 5 aromatic rings. The van der Waals surface area contributed by atoms with Crippen molar-refractivity contribution in [3.05, 3.63) is 53.8 Å². The highest BCUT2D eigenvalue weighted by Gasteiger charge is 2.19. The predicted molar refractivity (Wildman–Crippen MR) is 122 cm³/mol. The SMILES string of the molecule is COc1cc(-c2cc(-c3ccn(C)n3)n3ncnc(N)c23)ccc1Nc1cc(C)sn1. The summed E-state index contributed by atoms with van der Waals surface area (Å²) in [5.74, 6) is 1.88. The summed E-state index contributed by atoms with van der Waals surface area (Å²) in [7, 11) is 3.52. The van der Waals surface area contributed by atoms with Crippen molar-refractivity contribution in [1.29, 1.82) is 0 Å². The number of hydrogen-bond acceptors (Lipinski definition) is 8. The van der Waals surface area contributed by atoms with Crippen molar-refractivity contribution in [2.75, 3.05) is 18.2 Å². The molecule has 0 aliphatic carbocycles. The van der Waals surface area contributed by atoms with E-state index in [0.29, 0.717) is 11.6 Å². The molecule has 0 aliphatic rings. The van der Waals surface area contributed by atoms with Gasteiger partial charge in [-0.2, -0.15) is 14.6 Å². The van der Waals surface area contributed by atoms with Crippen molar-refractivity contribution in [2.24, 2.45) is 7.05 Å². The Morgan fingerprint density at radius 1 is 1.16 bits per heavy atom. The lowest BCUT2D eigenvalue weighted by Gasteiger charge is -2.11. The quantitative estimate of drug-likeness (QED) is 0.434. The minimum Gasteiger partial charge on any atom is -0.495 e. The van der Waals surface area contributed by atoms with Crippen LogP contribution in [0.2, 0.25) is 0 Å². The van der Waals surface area contributed by atoms with Gasteiger partial charge in [0, 0.05) is 23.7 Å². The normalized spacial score (nSPS) is 11.2. The molecule has 4 aromatic heterocycles. The van der Waals surface area contributed by atoms with Gasteiger partial charge in [0.1, 0.15) is 29.1 Å². The highest BCUT2D eigenvalue weighted by atomic mass is 32.1. The van der Waals surface area contributed by atoms with Crippen LogP contribution in [-0.4, -0.2) is 35.9 Å². The molecule has 0 fully saturated rings. The molecule has 0 spiro atoms. The van der Waals surface area contributed by atoms with Crippen LogP contribution in [0.25, 0.3) is 28.0 Å². The molecule has 0 amide bonds. The van der Waals surface area contributed by atoms with E-state index in [0.717, 1.165) is 44.4 Å². The Morgan fingerprint density at radius 2 is 2.03 bits per heavy atom. The zero-order valence-electron chi connectivity index (χ0n) is 17.2. The molecule has 0 atom stereocenters. The van der Waals surface area contributed by atoms with Gasteiger partial charge in [0.2, 0.25) is 0 Å². The molecule has 0 bridgehead atoms. The molecule has 10 heteroatoms. The largest absolute Gasteiger partial charge is 0.495 e. The first-order valence-electron chi connectivity index (χ1n) is 9.54. The van der Waals surface area contributed by atoms with Gasteiger partial charge in [0.15, 0.2) is 5.82 Å². The Hall–Kier alpha value is -3.92. The van der Waals surface area contributed by atoms with Gasteiger partial charge in [-0.25, -0.2) is 9.50 Å². The van der Waals surface area contributed by atoms with E-state index in [-0.39, 0.29) is 0 Å². The summed E-state index contributed by atoms with van der Waals surface area (Å²) in [5, 5.41) is 12.2. The fourth-order valence-corrected chi connectivity index (χ4v) is 4.05. The Balaban J connectivity index is 1.63. The van der Waals surface area contributed by atoms with Crippen molar-refractivity contribution >= 4 is 34.4 Å². The highest BCUT2D eigenvalue weighted by molar-refractivity contribution is 7.06. The van der Waals surface area contributed by atoms with Crippen LogP contribution in [-0.2, 0) is 7.05 Å². The molecule has 31 heavy (non-hydrogen) atoms. The summed E-state index contributed by atoms with van der Waals surface area (Å²) < 4.78 is 13.6. The molecular weight excluding hydrogens is 412 g/mol. The maximum absolute atomic E-state index is 6.25. The van der Waals surface area contributed by atoms with E-state index in [1.165, 1.54) is 17.9 Å². The van der Waals surface area contributed by atoms with E-state index in [1.807, 2.05) is 56.6 Å². The molecule has 0 aliphatic heterocycles. The predicted octanol–water partition coefficient (Wildman–Crippen LogP) is 3.90. The summed E-state index contributed by atoms with van der Waals surface area (Å²) in [6.45, 7) is 2.02. The Morgan fingerprint density at radius 3 is 2.74 bits per heavy atom. The Labute approximate surface area is 182 Å². The van der Waals surface area contributed by atoms with Gasteiger partial charge in [-0.3, -0.25) is 4.68 Å². The first kappa shape index (κ1) is 19.1.